The summed E-state index contributed by atoms with van der Waals surface area (Å²) in [5.74, 6) is -1.69. The molecule has 0 saturated heterocycles. The topological polar surface area (TPSA) is 78.4 Å². The van der Waals surface area contributed by atoms with Crippen LogP contribution in [0.4, 0.5) is 8.78 Å². The summed E-state index contributed by atoms with van der Waals surface area (Å²) in [6.45, 7) is 0.930. The number of para-hydroxylation sites is 1. The Hall–Kier alpha value is -3.33. The second-order valence-electron chi connectivity index (χ2n) is 7.53. The van der Waals surface area contributed by atoms with Crippen LogP contribution in [-0.2, 0) is 17.9 Å². The number of halogens is 2. The van der Waals surface area contributed by atoms with Crippen LogP contribution in [0.5, 0.6) is 0 Å². The molecule has 0 atom stereocenters. The highest BCUT2D eigenvalue weighted by atomic mass is 19.1. The van der Waals surface area contributed by atoms with Gasteiger partial charge in [0, 0.05) is 44.2 Å². The molecule has 0 bridgehead atoms. The smallest absolute Gasteiger partial charge is 0.328 e. The third-order valence-corrected chi connectivity index (χ3v) is 5.00. The summed E-state index contributed by atoms with van der Waals surface area (Å²) in [6.07, 6.45) is -0.0216. The van der Waals surface area contributed by atoms with Crippen molar-refractivity contribution in [2.75, 3.05) is 27.2 Å². The third-order valence-electron chi connectivity index (χ3n) is 5.00. The summed E-state index contributed by atoms with van der Waals surface area (Å²) < 4.78 is 28.7. The molecular weight excluding hydrogens is 406 g/mol. The van der Waals surface area contributed by atoms with Crippen molar-refractivity contribution in [3.05, 3.63) is 80.5 Å². The fraction of sp³-hybridized carbons (Fsp3) is 0.318. The van der Waals surface area contributed by atoms with Crippen molar-refractivity contribution in [2.24, 2.45) is 0 Å². The molecular formula is C22H24F2N4O3. The van der Waals surface area contributed by atoms with E-state index >= 15 is 0 Å². The lowest BCUT2D eigenvalue weighted by molar-refractivity contribution is -0.132. The number of aryl methyl sites for hydroxylation is 1. The Morgan fingerprint density at radius 2 is 1.81 bits per heavy atom. The Bertz CT molecular complexity index is 1200. The van der Waals surface area contributed by atoms with Crippen LogP contribution in [0.15, 0.2) is 52.1 Å². The molecule has 1 amide bonds. The number of rotatable bonds is 8. The number of benzene rings is 2. The van der Waals surface area contributed by atoms with Crippen LogP contribution in [0, 0.1) is 11.6 Å². The number of likely N-dealkylation sites (N-methyl/N-ethyl adjacent to an activating group) is 1. The van der Waals surface area contributed by atoms with Crippen molar-refractivity contribution >= 4 is 16.8 Å². The number of hydrogen-bond donors (Lipinski definition) is 1. The monoisotopic (exact) mass is 430 g/mol. The summed E-state index contributed by atoms with van der Waals surface area (Å²) in [7, 11) is 3.71. The molecule has 0 fully saturated rings. The van der Waals surface area contributed by atoms with Crippen LogP contribution in [0.1, 0.15) is 12.0 Å². The molecule has 7 nitrogen and oxygen atoms in total. The van der Waals surface area contributed by atoms with Gasteiger partial charge in [-0.05, 0) is 32.3 Å². The standard InChI is InChI=1S/C22H24F2N4O3/c1-26(2)11-12-27(14-15-7-8-16(23)13-18(15)24)20(29)9-10-28-19-6-4-3-5-17(19)21(30)25-22(28)31/h3-8,13H,9-12,14H2,1-2H3,(H,25,30,31). The molecule has 1 aromatic heterocycles. The number of amides is 1. The van der Waals surface area contributed by atoms with Gasteiger partial charge in [-0.15, -0.1) is 0 Å². The predicted molar refractivity (Wildman–Crippen MR) is 114 cm³/mol. The molecule has 0 unspecified atom stereocenters. The number of hydrogen-bond acceptors (Lipinski definition) is 4. The van der Waals surface area contributed by atoms with E-state index in [1.165, 1.54) is 15.5 Å². The van der Waals surface area contributed by atoms with Crippen molar-refractivity contribution in [2.45, 2.75) is 19.5 Å². The van der Waals surface area contributed by atoms with Crippen molar-refractivity contribution in [1.29, 1.82) is 0 Å². The molecule has 0 aliphatic heterocycles. The van der Waals surface area contributed by atoms with Gasteiger partial charge in [-0.1, -0.05) is 18.2 Å². The first-order valence-electron chi connectivity index (χ1n) is 9.84. The number of fused-ring (bicyclic) bond motifs is 1. The first-order valence-corrected chi connectivity index (χ1v) is 9.84. The Labute approximate surface area is 177 Å². The molecule has 0 aliphatic carbocycles. The van der Waals surface area contributed by atoms with E-state index in [1.54, 1.807) is 24.3 Å². The second kappa shape index (κ2) is 9.65. The van der Waals surface area contributed by atoms with E-state index in [-0.39, 0.29) is 31.0 Å². The summed E-state index contributed by atoms with van der Waals surface area (Å²) in [5, 5.41) is 0.354. The SMILES string of the molecule is CN(C)CCN(Cc1ccc(F)cc1F)C(=O)CCn1c(=O)[nH]c(=O)c2ccccc21. The zero-order chi connectivity index (χ0) is 22.5. The lowest BCUT2D eigenvalue weighted by Gasteiger charge is -2.25. The molecule has 3 aromatic rings. The quantitative estimate of drug-likeness (QED) is 0.593. The van der Waals surface area contributed by atoms with Gasteiger partial charge < -0.3 is 9.80 Å². The number of nitrogens with one attached hydrogen (secondary N) is 1. The number of carbonyl (C=O) groups excluding carboxylic acids is 1. The highest BCUT2D eigenvalue weighted by molar-refractivity contribution is 5.79. The first-order chi connectivity index (χ1) is 14.8. The second-order valence-corrected chi connectivity index (χ2v) is 7.53. The number of nitrogens with zero attached hydrogens (tertiary/aromatic N) is 3. The Balaban J connectivity index is 1.81. The molecule has 0 saturated carbocycles. The van der Waals surface area contributed by atoms with Gasteiger partial charge in [-0.3, -0.25) is 19.1 Å². The van der Waals surface area contributed by atoms with Gasteiger partial charge in [-0.2, -0.15) is 0 Å². The average Bonchev–Trinajstić information content (AvgIpc) is 2.72. The third kappa shape index (κ3) is 5.43. The Morgan fingerprint density at radius 1 is 1.06 bits per heavy atom. The fourth-order valence-electron chi connectivity index (χ4n) is 3.30. The molecule has 0 aliphatic rings. The van der Waals surface area contributed by atoms with Gasteiger partial charge in [0.2, 0.25) is 5.91 Å². The molecule has 2 aromatic carbocycles. The van der Waals surface area contributed by atoms with Gasteiger partial charge in [0.25, 0.3) is 5.56 Å². The zero-order valence-electron chi connectivity index (χ0n) is 17.4. The molecule has 9 heteroatoms. The van der Waals surface area contributed by atoms with E-state index in [9.17, 15) is 23.2 Å². The van der Waals surface area contributed by atoms with Gasteiger partial charge in [-0.25, -0.2) is 13.6 Å². The lowest BCUT2D eigenvalue weighted by Crippen LogP contribution is -2.38. The lowest BCUT2D eigenvalue weighted by atomic mass is 10.2. The summed E-state index contributed by atoms with van der Waals surface area (Å²) in [5.41, 5.74) is -0.433. The summed E-state index contributed by atoms with van der Waals surface area (Å²) >= 11 is 0. The number of carbonyl (C=O) groups is 1. The molecule has 3 rings (SSSR count). The van der Waals surface area contributed by atoms with Gasteiger partial charge in [0.15, 0.2) is 0 Å². The molecule has 31 heavy (non-hydrogen) atoms. The minimum atomic E-state index is -0.717. The molecule has 0 spiro atoms. The maximum Gasteiger partial charge on any atom is 0.328 e. The maximum absolute atomic E-state index is 14.1. The fourth-order valence-corrected chi connectivity index (χ4v) is 3.30. The van der Waals surface area contributed by atoms with Crippen molar-refractivity contribution in [1.82, 2.24) is 19.4 Å². The van der Waals surface area contributed by atoms with Crippen LogP contribution in [0.2, 0.25) is 0 Å². The van der Waals surface area contributed by atoms with Gasteiger partial charge in [0.1, 0.15) is 11.6 Å². The highest BCUT2D eigenvalue weighted by Gasteiger charge is 2.18. The molecule has 1 heterocycles. The molecule has 1 N–H and O–H groups in total. The number of aromatic amines is 1. The summed E-state index contributed by atoms with van der Waals surface area (Å²) in [6, 6.07) is 9.91. The summed E-state index contributed by atoms with van der Waals surface area (Å²) in [4.78, 5) is 42.9. The van der Waals surface area contributed by atoms with Crippen molar-refractivity contribution in [3.63, 3.8) is 0 Å². The van der Waals surface area contributed by atoms with E-state index in [0.29, 0.717) is 24.0 Å². The van der Waals surface area contributed by atoms with E-state index in [1.807, 2.05) is 19.0 Å². The predicted octanol–water partition coefficient (Wildman–Crippen LogP) is 1.95. The van der Waals surface area contributed by atoms with Crippen LogP contribution < -0.4 is 11.2 Å². The van der Waals surface area contributed by atoms with E-state index in [4.69, 9.17) is 0 Å². The molecule has 164 valence electrons. The van der Waals surface area contributed by atoms with Crippen molar-refractivity contribution in [3.8, 4) is 0 Å². The largest absolute Gasteiger partial charge is 0.337 e. The van der Waals surface area contributed by atoms with Crippen LogP contribution >= 0.6 is 0 Å². The minimum Gasteiger partial charge on any atom is -0.337 e. The minimum absolute atomic E-state index is 0.0138. The number of H-pyrrole nitrogens is 1. The number of aromatic nitrogens is 2. The van der Waals surface area contributed by atoms with Crippen LogP contribution in [-0.4, -0.2) is 52.4 Å². The van der Waals surface area contributed by atoms with Crippen LogP contribution in [0.3, 0.4) is 0 Å². The van der Waals surface area contributed by atoms with Gasteiger partial charge in [0.05, 0.1) is 10.9 Å². The average molecular weight is 430 g/mol. The van der Waals surface area contributed by atoms with Crippen LogP contribution in [0.25, 0.3) is 10.9 Å². The molecule has 0 radical (unpaired) electrons. The van der Waals surface area contributed by atoms with E-state index in [2.05, 4.69) is 4.98 Å². The van der Waals surface area contributed by atoms with Crippen molar-refractivity contribution < 1.29 is 13.6 Å². The first kappa shape index (κ1) is 22.4. The highest BCUT2D eigenvalue weighted by Crippen LogP contribution is 2.14. The maximum atomic E-state index is 14.1. The Morgan fingerprint density at radius 3 is 2.52 bits per heavy atom. The van der Waals surface area contributed by atoms with Gasteiger partial charge >= 0.3 is 5.69 Å². The van der Waals surface area contributed by atoms with E-state index < -0.39 is 22.9 Å². The normalized spacial score (nSPS) is 11.3. The van der Waals surface area contributed by atoms with E-state index in [0.717, 1.165) is 12.1 Å². The Kier molecular flexibility index (Phi) is 6.96. The zero-order valence-corrected chi connectivity index (χ0v) is 17.4.